The monoisotopic (exact) mass is 594 g/mol. The van der Waals surface area contributed by atoms with Gasteiger partial charge in [-0.15, -0.1) is 0 Å². The van der Waals surface area contributed by atoms with E-state index in [9.17, 15) is 14.7 Å². The van der Waals surface area contributed by atoms with Gasteiger partial charge in [0, 0.05) is 43.5 Å². The van der Waals surface area contributed by atoms with Gasteiger partial charge in [-0.2, -0.15) is 0 Å². The van der Waals surface area contributed by atoms with Gasteiger partial charge in [0.15, 0.2) is 5.75 Å². The fraction of sp³-hybridized carbons (Fsp3) is 0.286. The van der Waals surface area contributed by atoms with Crippen LogP contribution in [-0.4, -0.2) is 70.6 Å². The summed E-state index contributed by atoms with van der Waals surface area (Å²) in [5.74, 6) is 1.21. The first kappa shape index (κ1) is 30.7. The van der Waals surface area contributed by atoms with Crippen LogP contribution in [0.4, 0.5) is 5.69 Å². The highest BCUT2D eigenvalue weighted by Crippen LogP contribution is 2.35. The molecule has 3 atom stereocenters. The maximum atomic E-state index is 13.7. The molecule has 44 heavy (non-hydrogen) atoms. The van der Waals surface area contributed by atoms with E-state index in [2.05, 4.69) is 15.2 Å². The quantitative estimate of drug-likeness (QED) is 0.251. The number of fused-ring (bicyclic) bond motifs is 1. The minimum absolute atomic E-state index is 0.0749. The molecule has 9 nitrogen and oxygen atoms in total. The Hall–Kier alpha value is -4.73. The molecule has 2 heterocycles. The number of carbonyl (C=O) groups is 2. The van der Waals surface area contributed by atoms with E-state index in [0.717, 1.165) is 17.1 Å². The van der Waals surface area contributed by atoms with Crippen LogP contribution in [0.1, 0.15) is 40.1 Å². The predicted molar refractivity (Wildman–Crippen MR) is 169 cm³/mol. The molecule has 1 aromatic heterocycles. The van der Waals surface area contributed by atoms with Crippen molar-refractivity contribution in [2.45, 2.75) is 32.5 Å². The number of nitrogens with one attached hydrogen (secondary N) is 1. The van der Waals surface area contributed by atoms with Crippen molar-refractivity contribution in [1.82, 2.24) is 14.8 Å². The molecule has 2 amide bonds. The summed E-state index contributed by atoms with van der Waals surface area (Å²) in [5.41, 5.74) is 2.30. The standard InChI is InChI=1S/C35H38N4O5/c1-24-20-39(25(2)23-40)35(42)30-10-7-11-31(37-34(41)27-16-18-36-19-17-27)33(30)44-32(24)22-38(3)21-26-12-14-29(15-13-26)43-28-8-5-4-6-9-28/h4-19,24-25,32,40H,20-23H2,1-3H3,(H,37,41)/t24-,25?,32+/m0/s1. The summed E-state index contributed by atoms with van der Waals surface area (Å²) in [4.78, 5) is 34.7. The number of carbonyl (C=O) groups excluding carboxylic acids is 2. The molecule has 1 aliphatic rings. The maximum absolute atomic E-state index is 13.7. The Labute approximate surface area is 258 Å². The number of pyridine rings is 1. The highest BCUT2D eigenvalue weighted by atomic mass is 16.5. The summed E-state index contributed by atoms with van der Waals surface area (Å²) >= 11 is 0. The summed E-state index contributed by atoms with van der Waals surface area (Å²) in [7, 11) is 2.03. The number of ether oxygens (including phenoxy) is 2. The lowest BCUT2D eigenvalue weighted by Gasteiger charge is -2.38. The second-order valence-electron chi connectivity index (χ2n) is 11.3. The third kappa shape index (κ3) is 7.42. The number of rotatable bonds is 10. The molecule has 0 spiro atoms. The van der Waals surface area contributed by atoms with E-state index < -0.39 is 0 Å². The maximum Gasteiger partial charge on any atom is 0.258 e. The van der Waals surface area contributed by atoms with E-state index in [1.165, 1.54) is 0 Å². The Morgan fingerprint density at radius 1 is 1.05 bits per heavy atom. The van der Waals surface area contributed by atoms with E-state index in [-0.39, 0.29) is 36.5 Å². The average molecular weight is 595 g/mol. The summed E-state index contributed by atoms with van der Waals surface area (Å²) in [6.07, 6.45) is 2.78. The molecule has 0 aliphatic carbocycles. The zero-order chi connectivity index (χ0) is 31.1. The van der Waals surface area contributed by atoms with Crippen molar-refractivity contribution in [2.75, 3.05) is 32.1 Å². The van der Waals surface area contributed by atoms with Gasteiger partial charge < -0.3 is 24.8 Å². The van der Waals surface area contributed by atoms with Crippen molar-refractivity contribution in [3.63, 3.8) is 0 Å². The number of amides is 2. The Kier molecular flexibility index (Phi) is 9.89. The predicted octanol–water partition coefficient (Wildman–Crippen LogP) is 5.48. The van der Waals surface area contributed by atoms with Crippen LogP contribution in [-0.2, 0) is 6.54 Å². The molecular weight excluding hydrogens is 556 g/mol. The van der Waals surface area contributed by atoms with Crippen LogP contribution in [0, 0.1) is 5.92 Å². The van der Waals surface area contributed by atoms with Gasteiger partial charge in [0.25, 0.3) is 11.8 Å². The molecule has 2 N–H and O–H groups in total. The first-order chi connectivity index (χ1) is 21.3. The zero-order valence-electron chi connectivity index (χ0n) is 25.2. The van der Waals surface area contributed by atoms with Crippen LogP contribution in [0.5, 0.6) is 17.2 Å². The Balaban J connectivity index is 1.36. The number of benzene rings is 3. The smallest absolute Gasteiger partial charge is 0.258 e. The second-order valence-corrected chi connectivity index (χ2v) is 11.3. The number of likely N-dealkylation sites (N-methyl/N-ethyl adjacent to an activating group) is 1. The van der Waals surface area contributed by atoms with Gasteiger partial charge in [0.1, 0.15) is 17.6 Å². The third-order valence-corrected chi connectivity index (χ3v) is 7.73. The van der Waals surface area contributed by atoms with Crippen molar-refractivity contribution in [1.29, 1.82) is 0 Å². The van der Waals surface area contributed by atoms with Crippen LogP contribution < -0.4 is 14.8 Å². The summed E-state index contributed by atoms with van der Waals surface area (Å²) in [6, 6.07) is 25.7. The SMILES string of the molecule is CC(CO)N1C[C@H](C)[C@@H](CN(C)Cc2ccc(Oc3ccccc3)cc2)Oc2c(NC(=O)c3ccncc3)cccc2C1=O. The first-order valence-corrected chi connectivity index (χ1v) is 14.8. The average Bonchev–Trinajstić information content (AvgIpc) is 3.04. The van der Waals surface area contributed by atoms with Crippen molar-refractivity contribution in [3.8, 4) is 17.2 Å². The number of anilines is 1. The molecule has 9 heteroatoms. The molecule has 0 fully saturated rings. The molecule has 0 bridgehead atoms. The van der Waals surface area contributed by atoms with Crippen LogP contribution in [0.3, 0.4) is 0 Å². The Bertz CT molecular complexity index is 1550. The number of hydrogen-bond donors (Lipinski definition) is 2. The van der Waals surface area contributed by atoms with Crippen LogP contribution >= 0.6 is 0 Å². The number of para-hydroxylation sites is 2. The largest absolute Gasteiger partial charge is 0.486 e. The van der Waals surface area contributed by atoms with Gasteiger partial charge in [-0.3, -0.25) is 19.5 Å². The molecule has 4 aromatic rings. The normalized spacial score (nSPS) is 17.2. The van der Waals surface area contributed by atoms with E-state index in [0.29, 0.717) is 42.2 Å². The summed E-state index contributed by atoms with van der Waals surface area (Å²) in [6.45, 7) is 5.35. The molecule has 5 rings (SSSR count). The first-order valence-electron chi connectivity index (χ1n) is 14.8. The third-order valence-electron chi connectivity index (χ3n) is 7.73. The van der Waals surface area contributed by atoms with E-state index in [4.69, 9.17) is 9.47 Å². The second kappa shape index (κ2) is 14.2. The molecule has 0 saturated heterocycles. The lowest BCUT2D eigenvalue weighted by atomic mass is 9.98. The number of aliphatic hydroxyl groups excluding tert-OH is 1. The Morgan fingerprint density at radius 3 is 2.45 bits per heavy atom. The van der Waals surface area contributed by atoms with Gasteiger partial charge in [-0.25, -0.2) is 0 Å². The minimum Gasteiger partial charge on any atom is -0.486 e. The van der Waals surface area contributed by atoms with E-state index in [1.54, 1.807) is 47.6 Å². The molecule has 3 aromatic carbocycles. The topological polar surface area (TPSA) is 104 Å². The number of hydrogen-bond acceptors (Lipinski definition) is 7. The van der Waals surface area contributed by atoms with Gasteiger partial charge in [-0.1, -0.05) is 43.3 Å². The molecule has 0 saturated carbocycles. The lowest BCUT2D eigenvalue weighted by molar-refractivity contribution is 0.0343. The van der Waals surface area contributed by atoms with E-state index >= 15 is 0 Å². The highest BCUT2D eigenvalue weighted by molar-refractivity contribution is 6.07. The fourth-order valence-corrected chi connectivity index (χ4v) is 5.23. The van der Waals surface area contributed by atoms with Gasteiger partial charge in [-0.05, 0) is 68.1 Å². The molecule has 1 aliphatic heterocycles. The molecule has 1 unspecified atom stereocenters. The highest BCUT2D eigenvalue weighted by Gasteiger charge is 2.34. The summed E-state index contributed by atoms with van der Waals surface area (Å²) < 4.78 is 12.6. The van der Waals surface area contributed by atoms with Gasteiger partial charge in [0.05, 0.1) is 23.9 Å². The number of nitrogens with zero attached hydrogens (tertiary/aromatic N) is 3. The van der Waals surface area contributed by atoms with Crippen LogP contribution in [0.2, 0.25) is 0 Å². The van der Waals surface area contributed by atoms with Crippen molar-refractivity contribution < 1.29 is 24.2 Å². The summed E-state index contributed by atoms with van der Waals surface area (Å²) in [5, 5.41) is 12.9. The van der Waals surface area contributed by atoms with Crippen LogP contribution in [0.25, 0.3) is 0 Å². The van der Waals surface area contributed by atoms with Crippen molar-refractivity contribution >= 4 is 17.5 Å². The fourth-order valence-electron chi connectivity index (χ4n) is 5.23. The molecule has 228 valence electrons. The van der Waals surface area contributed by atoms with Crippen LogP contribution in [0.15, 0.2) is 97.3 Å². The lowest BCUT2D eigenvalue weighted by Crippen LogP contribution is -2.49. The van der Waals surface area contributed by atoms with Gasteiger partial charge >= 0.3 is 0 Å². The number of aromatic nitrogens is 1. The van der Waals surface area contributed by atoms with Gasteiger partial charge in [0.2, 0.25) is 0 Å². The zero-order valence-corrected chi connectivity index (χ0v) is 25.2. The Morgan fingerprint density at radius 2 is 1.75 bits per heavy atom. The van der Waals surface area contributed by atoms with E-state index in [1.807, 2.05) is 75.5 Å². The molecule has 0 radical (unpaired) electrons. The number of aliphatic hydroxyl groups is 1. The molecular formula is C35H38N4O5. The van der Waals surface area contributed by atoms with Crippen molar-refractivity contribution in [3.05, 3.63) is 114 Å². The van der Waals surface area contributed by atoms with Crippen molar-refractivity contribution in [2.24, 2.45) is 5.92 Å². The minimum atomic E-state index is -0.388.